The van der Waals surface area contributed by atoms with Crippen molar-refractivity contribution in [1.29, 1.82) is 0 Å². The fourth-order valence-electron chi connectivity index (χ4n) is 5.92. The van der Waals surface area contributed by atoms with Crippen LogP contribution in [0.25, 0.3) is 16.9 Å². The van der Waals surface area contributed by atoms with E-state index in [1.54, 1.807) is 50.9 Å². The molecule has 0 aliphatic carbocycles. The van der Waals surface area contributed by atoms with E-state index in [9.17, 15) is 23.2 Å². The maximum atomic E-state index is 13.4. The summed E-state index contributed by atoms with van der Waals surface area (Å²) in [6, 6.07) is 6.49. The van der Waals surface area contributed by atoms with Gasteiger partial charge in [-0.3, -0.25) is 19.1 Å². The van der Waals surface area contributed by atoms with Crippen molar-refractivity contribution in [2.24, 2.45) is 5.92 Å². The van der Waals surface area contributed by atoms with E-state index in [-0.39, 0.29) is 40.7 Å². The van der Waals surface area contributed by atoms with E-state index in [1.165, 1.54) is 51.0 Å². The first-order valence-corrected chi connectivity index (χ1v) is 17.3. The van der Waals surface area contributed by atoms with E-state index in [4.69, 9.17) is 4.74 Å². The number of alkyl halides is 2. The van der Waals surface area contributed by atoms with Gasteiger partial charge in [-0.05, 0) is 75.2 Å². The molecule has 49 heavy (non-hydrogen) atoms. The summed E-state index contributed by atoms with van der Waals surface area (Å²) in [4.78, 5) is 47.1. The van der Waals surface area contributed by atoms with Gasteiger partial charge >= 0.3 is 6.61 Å². The molecule has 262 valence electrons. The number of nitrogens with one attached hydrogen (secondary N) is 1. The quantitative estimate of drug-likeness (QED) is 0.181. The molecule has 2 aliphatic heterocycles. The van der Waals surface area contributed by atoms with Crippen molar-refractivity contribution < 1.29 is 27.9 Å². The van der Waals surface area contributed by atoms with Crippen LogP contribution in [0.5, 0.6) is 5.75 Å². The number of rotatable bonds is 11. The van der Waals surface area contributed by atoms with E-state index < -0.39 is 12.5 Å². The van der Waals surface area contributed by atoms with Gasteiger partial charge in [0.1, 0.15) is 23.6 Å². The number of thioether (sulfide) groups is 1. The van der Waals surface area contributed by atoms with Gasteiger partial charge in [0.15, 0.2) is 5.65 Å². The molecule has 0 atom stereocenters. The summed E-state index contributed by atoms with van der Waals surface area (Å²) in [6.07, 6.45) is 13.2. The lowest BCUT2D eigenvalue weighted by Gasteiger charge is -2.33. The molecule has 13 nitrogen and oxygen atoms in total. The second-order valence-corrected chi connectivity index (χ2v) is 13.0. The van der Waals surface area contributed by atoms with Crippen LogP contribution in [0.1, 0.15) is 36.0 Å². The standard InChI is InChI=1S/C30H34F2N8O3S.C3H7NO/c1-44-21-5-6-25(43-30(31)32)22(15-21)27-24(35-29(42)23-16-34-40-12-4-9-33-28(23)40)18-39(36-27)19-26(41)38-13-7-20(8-14-38)17-37-10-2-3-11-37;1-4(2)3-5/h4-6,9,12,15-16,18,20,30H,2-3,7-8,10-11,13-14,17,19H2,1H3,(H,35,42);3H,1-2H3. The van der Waals surface area contributed by atoms with Crippen LogP contribution in [0, 0.1) is 5.92 Å². The fourth-order valence-corrected chi connectivity index (χ4v) is 6.36. The fraction of sp³-hybridized carbons (Fsp3) is 0.455. The first-order valence-electron chi connectivity index (χ1n) is 16.1. The Bertz CT molecular complexity index is 1730. The second kappa shape index (κ2) is 16.7. The second-order valence-electron chi connectivity index (χ2n) is 12.1. The third kappa shape index (κ3) is 9.32. The lowest BCUT2D eigenvalue weighted by Crippen LogP contribution is -2.42. The molecular weight excluding hydrogens is 656 g/mol. The lowest BCUT2D eigenvalue weighted by atomic mass is 9.96. The third-order valence-corrected chi connectivity index (χ3v) is 9.11. The van der Waals surface area contributed by atoms with Gasteiger partial charge in [-0.2, -0.15) is 19.0 Å². The molecule has 0 spiro atoms. The van der Waals surface area contributed by atoms with Crippen LogP contribution >= 0.6 is 11.8 Å². The van der Waals surface area contributed by atoms with E-state index in [0.29, 0.717) is 24.7 Å². The van der Waals surface area contributed by atoms with Crippen molar-refractivity contribution in [1.82, 2.24) is 39.1 Å². The maximum Gasteiger partial charge on any atom is 0.387 e. The molecule has 0 saturated carbocycles. The number of halogens is 2. The van der Waals surface area contributed by atoms with E-state index >= 15 is 0 Å². The summed E-state index contributed by atoms with van der Waals surface area (Å²) in [5, 5.41) is 11.6. The van der Waals surface area contributed by atoms with Gasteiger partial charge < -0.3 is 24.8 Å². The minimum absolute atomic E-state index is 0.0643. The number of hydrogen-bond acceptors (Lipinski definition) is 9. The van der Waals surface area contributed by atoms with Crippen LogP contribution in [0.4, 0.5) is 14.5 Å². The normalized spacial score (nSPS) is 15.3. The van der Waals surface area contributed by atoms with Crippen molar-refractivity contribution in [3.63, 3.8) is 0 Å². The molecule has 0 radical (unpaired) electrons. The molecule has 2 saturated heterocycles. The van der Waals surface area contributed by atoms with Crippen LogP contribution in [0.3, 0.4) is 0 Å². The van der Waals surface area contributed by atoms with Gasteiger partial charge in [-0.25, -0.2) is 9.50 Å². The first-order chi connectivity index (χ1) is 23.6. The Morgan fingerprint density at radius 2 is 1.90 bits per heavy atom. The Kier molecular flexibility index (Phi) is 12.2. The van der Waals surface area contributed by atoms with Crippen LogP contribution in [0.2, 0.25) is 0 Å². The van der Waals surface area contributed by atoms with Crippen LogP contribution < -0.4 is 10.1 Å². The Balaban J connectivity index is 0.000000874. The van der Waals surface area contributed by atoms with Crippen LogP contribution in [-0.4, -0.2) is 117 Å². The number of amides is 3. The number of carbonyl (C=O) groups is 3. The van der Waals surface area contributed by atoms with Crippen LogP contribution in [-0.2, 0) is 16.1 Å². The molecule has 3 amide bonds. The maximum absolute atomic E-state index is 13.4. The molecule has 16 heteroatoms. The van der Waals surface area contributed by atoms with Gasteiger partial charge in [0, 0.05) is 62.8 Å². The molecular formula is C33H41F2N9O4S. The number of fused-ring (bicyclic) bond motifs is 1. The minimum atomic E-state index is -3.06. The average Bonchev–Trinajstić information content (AvgIpc) is 3.86. The summed E-state index contributed by atoms with van der Waals surface area (Å²) >= 11 is 1.42. The zero-order valence-corrected chi connectivity index (χ0v) is 28.6. The van der Waals surface area contributed by atoms with Crippen molar-refractivity contribution in [2.45, 2.75) is 43.7 Å². The predicted molar refractivity (Wildman–Crippen MR) is 182 cm³/mol. The highest BCUT2D eigenvalue weighted by Gasteiger charge is 2.27. The molecule has 4 aromatic rings. The van der Waals surface area contributed by atoms with Gasteiger partial charge in [-0.1, -0.05) is 0 Å². The largest absolute Gasteiger partial charge is 0.434 e. The number of piperidine rings is 1. The monoisotopic (exact) mass is 697 g/mol. The van der Waals surface area contributed by atoms with E-state index in [0.717, 1.165) is 43.8 Å². The number of aromatic nitrogens is 5. The van der Waals surface area contributed by atoms with E-state index in [1.807, 2.05) is 11.2 Å². The zero-order valence-electron chi connectivity index (χ0n) is 27.8. The topological polar surface area (TPSA) is 130 Å². The number of benzene rings is 1. The molecule has 2 fully saturated rings. The molecule has 0 unspecified atom stereocenters. The lowest BCUT2D eigenvalue weighted by molar-refractivity contribution is -0.133. The van der Waals surface area contributed by atoms with Crippen LogP contribution in [0.15, 0.2) is 53.9 Å². The van der Waals surface area contributed by atoms with Crippen molar-refractivity contribution in [3.8, 4) is 17.0 Å². The van der Waals surface area contributed by atoms with Gasteiger partial charge in [-0.15, -0.1) is 11.8 Å². The summed E-state index contributed by atoms with van der Waals surface area (Å²) in [5.41, 5.74) is 1.28. The van der Waals surface area contributed by atoms with Crippen molar-refractivity contribution >= 4 is 41.3 Å². The van der Waals surface area contributed by atoms with Gasteiger partial charge in [0.05, 0.1) is 11.9 Å². The first kappa shape index (κ1) is 35.7. The molecule has 3 aromatic heterocycles. The average molecular weight is 698 g/mol. The zero-order chi connectivity index (χ0) is 34.9. The predicted octanol–water partition coefficient (Wildman–Crippen LogP) is 4.21. The smallest absolute Gasteiger partial charge is 0.387 e. The third-order valence-electron chi connectivity index (χ3n) is 8.38. The summed E-state index contributed by atoms with van der Waals surface area (Å²) < 4.78 is 34.5. The Hall–Kier alpha value is -4.57. The molecule has 0 bridgehead atoms. The number of hydrogen-bond donors (Lipinski definition) is 1. The Morgan fingerprint density at radius 1 is 1.16 bits per heavy atom. The summed E-state index contributed by atoms with van der Waals surface area (Å²) in [5.74, 6) is -0.113. The molecule has 5 heterocycles. The molecule has 1 N–H and O–H groups in total. The van der Waals surface area contributed by atoms with Gasteiger partial charge in [0.2, 0.25) is 12.3 Å². The Morgan fingerprint density at radius 3 is 2.57 bits per heavy atom. The molecule has 6 rings (SSSR count). The number of carbonyl (C=O) groups excluding carboxylic acids is 3. The van der Waals surface area contributed by atoms with Crippen molar-refractivity contribution in [3.05, 3.63) is 54.6 Å². The SMILES string of the molecule is CN(C)C=O.CSc1ccc(OC(F)F)c(-c2nn(CC(=O)N3CCC(CN4CCCC4)CC3)cc2NC(=O)c2cnn3cccnc23)c1. The Labute approximate surface area is 287 Å². The molecule has 2 aliphatic rings. The highest BCUT2D eigenvalue weighted by atomic mass is 32.2. The summed E-state index contributed by atoms with van der Waals surface area (Å²) in [7, 11) is 3.38. The highest BCUT2D eigenvalue weighted by molar-refractivity contribution is 7.98. The van der Waals surface area contributed by atoms with Crippen molar-refractivity contribution in [2.75, 3.05) is 58.4 Å². The highest BCUT2D eigenvalue weighted by Crippen LogP contribution is 2.38. The number of anilines is 1. The van der Waals surface area contributed by atoms with E-state index in [2.05, 4.69) is 25.4 Å². The summed E-state index contributed by atoms with van der Waals surface area (Å²) in [6.45, 7) is 1.65. The number of ether oxygens (including phenoxy) is 1. The van der Waals surface area contributed by atoms with Gasteiger partial charge in [0.25, 0.3) is 5.91 Å². The number of nitrogens with zero attached hydrogens (tertiary/aromatic N) is 8. The number of likely N-dealkylation sites (tertiary alicyclic amines) is 2. The minimum Gasteiger partial charge on any atom is -0.434 e. The molecule has 1 aromatic carbocycles.